The fourth-order valence-corrected chi connectivity index (χ4v) is 9.13. The molecule has 0 heterocycles. The largest absolute Gasteiger partial charge is 0.462 e. The second-order valence-electron chi connectivity index (χ2n) is 21.3. The molecular formula is C69H120O6. The summed E-state index contributed by atoms with van der Waals surface area (Å²) in [6, 6.07) is 0. The van der Waals surface area contributed by atoms with Crippen LogP contribution in [0.4, 0.5) is 0 Å². The topological polar surface area (TPSA) is 78.9 Å². The number of hydrogen-bond donors (Lipinski definition) is 0. The molecule has 0 saturated carbocycles. The number of rotatable bonds is 58. The number of esters is 3. The molecule has 0 amide bonds. The second kappa shape index (κ2) is 63.1. The molecule has 0 radical (unpaired) electrons. The van der Waals surface area contributed by atoms with E-state index in [2.05, 4.69) is 106 Å². The fourth-order valence-electron chi connectivity index (χ4n) is 9.13. The van der Waals surface area contributed by atoms with Gasteiger partial charge >= 0.3 is 17.9 Å². The van der Waals surface area contributed by atoms with E-state index in [-0.39, 0.29) is 31.1 Å². The van der Waals surface area contributed by atoms with E-state index in [4.69, 9.17) is 14.2 Å². The van der Waals surface area contributed by atoms with Gasteiger partial charge in [-0.2, -0.15) is 0 Å². The standard InChI is InChI=1S/C69H120O6/c1-4-7-10-13-16-19-22-24-26-28-29-30-31-32-33-34-35-36-37-38-39-41-42-44-47-50-53-56-59-62-68(71)74-65-66(64-73-67(70)61-58-55-52-49-46-21-18-15-12-9-6-3)75-69(72)63-60-57-54-51-48-45-43-40-27-25-23-20-17-14-11-8-5-2/h7,10,16,19,24,26,29-30,32-33,35-36,38-39,66H,4-6,8-9,11-15,17-18,20-23,25,27-28,31,34,37,40-65H2,1-3H3/b10-7-,19-16-,26-24-,30-29-,33-32-,36-35-,39-38-. The summed E-state index contributed by atoms with van der Waals surface area (Å²) >= 11 is 0. The van der Waals surface area contributed by atoms with E-state index in [9.17, 15) is 14.4 Å². The number of carbonyl (C=O) groups is 3. The molecule has 75 heavy (non-hydrogen) atoms. The van der Waals surface area contributed by atoms with Gasteiger partial charge in [0.05, 0.1) is 0 Å². The number of unbranched alkanes of at least 4 members (excludes halogenated alkanes) is 33. The zero-order valence-electron chi connectivity index (χ0n) is 49.6. The molecule has 0 aliphatic rings. The van der Waals surface area contributed by atoms with Crippen LogP contribution in [0.15, 0.2) is 85.1 Å². The van der Waals surface area contributed by atoms with Crippen molar-refractivity contribution in [1.82, 2.24) is 0 Å². The van der Waals surface area contributed by atoms with Gasteiger partial charge in [0.25, 0.3) is 0 Å². The Hall–Kier alpha value is -3.41. The summed E-state index contributed by atoms with van der Waals surface area (Å²) in [4.78, 5) is 38.2. The lowest BCUT2D eigenvalue weighted by molar-refractivity contribution is -0.167. The molecule has 1 unspecified atom stereocenters. The molecule has 0 saturated heterocycles. The Kier molecular flexibility index (Phi) is 60.3. The quantitative estimate of drug-likeness (QED) is 0.0261. The van der Waals surface area contributed by atoms with E-state index in [1.165, 1.54) is 167 Å². The molecule has 0 N–H and O–H groups in total. The third-order valence-electron chi connectivity index (χ3n) is 13.9. The molecule has 0 spiro atoms. The van der Waals surface area contributed by atoms with Gasteiger partial charge in [-0.3, -0.25) is 14.4 Å². The van der Waals surface area contributed by atoms with Crippen molar-refractivity contribution in [2.75, 3.05) is 13.2 Å². The Bertz CT molecular complexity index is 1430. The Morgan fingerprint density at radius 1 is 0.280 bits per heavy atom. The van der Waals surface area contributed by atoms with Crippen molar-refractivity contribution in [3.63, 3.8) is 0 Å². The van der Waals surface area contributed by atoms with Crippen molar-refractivity contribution in [1.29, 1.82) is 0 Å². The van der Waals surface area contributed by atoms with Gasteiger partial charge in [-0.05, 0) is 77.0 Å². The maximum Gasteiger partial charge on any atom is 0.306 e. The van der Waals surface area contributed by atoms with Crippen LogP contribution in [0, 0.1) is 0 Å². The van der Waals surface area contributed by atoms with Crippen molar-refractivity contribution in [3.8, 4) is 0 Å². The van der Waals surface area contributed by atoms with Crippen LogP contribution < -0.4 is 0 Å². The van der Waals surface area contributed by atoms with Gasteiger partial charge in [-0.1, -0.05) is 305 Å². The van der Waals surface area contributed by atoms with Crippen LogP contribution in [0.25, 0.3) is 0 Å². The van der Waals surface area contributed by atoms with Crippen LogP contribution in [-0.2, 0) is 28.6 Å². The summed E-state index contributed by atoms with van der Waals surface area (Å²) in [6.45, 7) is 6.55. The number of carbonyl (C=O) groups excluding carboxylic acids is 3. The van der Waals surface area contributed by atoms with E-state index < -0.39 is 6.10 Å². The maximum absolute atomic E-state index is 12.9. The summed E-state index contributed by atoms with van der Waals surface area (Å²) in [5, 5.41) is 0. The summed E-state index contributed by atoms with van der Waals surface area (Å²) in [5.41, 5.74) is 0. The summed E-state index contributed by atoms with van der Waals surface area (Å²) in [7, 11) is 0. The third-order valence-corrected chi connectivity index (χ3v) is 13.9. The van der Waals surface area contributed by atoms with Crippen molar-refractivity contribution >= 4 is 17.9 Å². The van der Waals surface area contributed by atoms with Crippen LogP contribution >= 0.6 is 0 Å². The van der Waals surface area contributed by atoms with Crippen LogP contribution in [0.1, 0.15) is 316 Å². The van der Waals surface area contributed by atoms with Crippen molar-refractivity contribution < 1.29 is 28.6 Å². The molecule has 432 valence electrons. The Morgan fingerprint density at radius 3 is 0.813 bits per heavy atom. The molecule has 0 bridgehead atoms. The first-order chi connectivity index (χ1) is 37.0. The Labute approximate surface area is 465 Å². The summed E-state index contributed by atoms with van der Waals surface area (Å²) < 4.78 is 16.9. The molecule has 0 rings (SSSR count). The average Bonchev–Trinajstić information content (AvgIpc) is 3.41. The zero-order chi connectivity index (χ0) is 54.3. The van der Waals surface area contributed by atoms with Gasteiger partial charge in [0.1, 0.15) is 13.2 Å². The predicted octanol–water partition coefficient (Wildman–Crippen LogP) is 21.9. The molecular weight excluding hydrogens is 925 g/mol. The maximum atomic E-state index is 12.9. The molecule has 6 heteroatoms. The molecule has 0 aliphatic carbocycles. The number of ether oxygens (including phenoxy) is 3. The minimum atomic E-state index is -0.778. The number of hydrogen-bond acceptors (Lipinski definition) is 6. The highest BCUT2D eigenvalue weighted by Crippen LogP contribution is 2.17. The minimum Gasteiger partial charge on any atom is -0.462 e. The van der Waals surface area contributed by atoms with Crippen molar-refractivity contribution in [2.24, 2.45) is 0 Å². The van der Waals surface area contributed by atoms with Crippen LogP contribution in [-0.4, -0.2) is 37.2 Å². The smallest absolute Gasteiger partial charge is 0.306 e. The molecule has 0 aromatic carbocycles. The van der Waals surface area contributed by atoms with Crippen molar-refractivity contribution in [2.45, 2.75) is 322 Å². The predicted molar refractivity (Wildman–Crippen MR) is 325 cm³/mol. The third kappa shape index (κ3) is 61.3. The van der Waals surface area contributed by atoms with Crippen LogP contribution in [0.5, 0.6) is 0 Å². The number of allylic oxidation sites excluding steroid dienone is 14. The van der Waals surface area contributed by atoms with Gasteiger partial charge in [0.15, 0.2) is 6.10 Å². The first-order valence-corrected chi connectivity index (χ1v) is 32.1. The SMILES string of the molecule is CC/C=C\C/C=C\C/C=C\C/C=C\C/C=C\C/C=C\C/C=C\CCCCCCCCCC(=O)OCC(COC(=O)CCCCCCCCCCCCC)OC(=O)CCCCCCCCCCCCCCCCCCC. The van der Waals surface area contributed by atoms with E-state index in [0.717, 1.165) is 109 Å². The van der Waals surface area contributed by atoms with Crippen LogP contribution in [0.3, 0.4) is 0 Å². The fraction of sp³-hybridized carbons (Fsp3) is 0.754. The van der Waals surface area contributed by atoms with Gasteiger partial charge in [-0.25, -0.2) is 0 Å². The minimum absolute atomic E-state index is 0.0752. The first kappa shape index (κ1) is 71.6. The lowest BCUT2D eigenvalue weighted by Crippen LogP contribution is -2.30. The van der Waals surface area contributed by atoms with Gasteiger partial charge in [-0.15, -0.1) is 0 Å². The highest BCUT2D eigenvalue weighted by molar-refractivity contribution is 5.71. The molecule has 6 nitrogen and oxygen atoms in total. The highest BCUT2D eigenvalue weighted by atomic mass is 16.6. The van der Waals surface area contributed by atoms with E-state index >= 15 is 0 Å². The lowest BCUT2D eigenvalue weighted by Gasteiger charge is -2.18. The van der Waals surface area contributed by atoms with Crippen LogP contribution in [0.2, 0.25) is 0 Å². The molecule has 1 atom stereocenters. The average molecular weight is 1050 g/mol. The van der Waals surface area contributed by atoms with Gasteiger partial charge < -0.3 is 14.2 Å². The van der Waals surface area contributed by atoms with E-state index in [0.29, 0.717) is 19.3 Å². The monoisotopic (exact) mass is 1040 g/mol. The molecule has 0 aliphatic heterocycles. The normalized spacial score (nSPS) is 12.6. The Balaban J connectivity index is 4.27. The van der Waals surface area contributed by atoms with Crippen molar-refractivity contribution in [3.05, 3.63) is 85.1 Å². The van der Waals surface area contributed by atoms with E-state index in [1.807, 2.05) is 0 Å². The molecule has 0 aromatic rings. The van der Waals surface area contributed by atoms with E-state index in [1.54, 1.807) is 0 Å². The summed E-state index contributed by atoms with van der Waals surface area (Å²) in [5.74, 6) is -0.873. The first-order valence-electron chi connectivity index (χ1n) is 32.1. The zero-order valence-corrected chi connectivity index (χ0v) is 49.6. The molecule has 0 fully saturated rings. The molecule has 0 aromatic heterocycles. The lowest BCUT2D eigenvalue weighted by atomic mass is 10.0. The van der Waals surface area contributed by atoms with Gasteiger partial charge in [0.2, 0.25) is 0 Å². The summed E-state index contributed by atoms with van der Waals surface area (Å²) in [6.07, 6.45) is 83.0. The van der Waals surface area contributed by atoms with Gasteiger partial charge in [0, 0.05) is 19.3 Å². The second-order valence-corrected chi connectivity index (χ2v) is 21.3. The Morgan fingerprint density at radius 2 is 0.520 bits per heavy atom. The highest BCUT2D eigenvalue weighted by Gasteiger charge is 2.19.